The fourth-order valence-electron chi connectivity index (χ4n) is 1.64. The lowest BCUT2D eigenvalue weighted by Crippen LogP contribution is -2.32. The smallest absolute Gasteiger partial charge is 0.296 e. The summed E-state index contributed by atoms with van der Waals surface area (Å²) in [5, 5.41) is 16.2. The highest BCUT2D eigenvalue weighted by atomic mass is 16.6. The van der Waals surface area contributed by atoms with Gasteiger partial charge in [0.25, 0.3) is 11.7 Å². The maximum absolute atomic E-state index is 11.5. The number of non-ortho nitro benzene ring substituents is 1. The number of rotatable bonds is 6. The van der Waals surface area contributed by atoms with Gasteiger partial charge in [0.1, 0.15) is 5.52 Å². The van der Waals surface area contributed by atoms with Gasteiger partial charge in [-0.2, -0.15) is 4.98 Å². The second kappa shape index (κ2) is 6.21. The second-order valence-electron chi connectivity index (χ2n) is 4.98. The maximum Gasteiger partial charge on any atom is 0.296 e. The molecular formula is C13H16N4O4. The van der Waals surface area contributed by atoms with Gasteiger partial charge in [-0.3, -0.25) is 14.9 Å². The molecule has 0 saturated carbocycles. The monoisotopic (exact) mass is 292 g/mol. The Morgan fingerprint density at radius 1 is 1.48 bits per heavy atom. The van der Waals surface area contributed by atoms with Crippen molar-refractivity contribution in [3.05, 3.63) is 28.3 Å². The zero-order chi connectivity index (χ0) is 15.4. The number of nitrogens with zero attached hydrogens (tertiary/aromatic N) is 2. The summed E-state index contributed by atoms with van der Waals surface area (Å²) in [5.74, 6) is 0.204. The van der Waals surface area contributed by atoms with Crippen LogP contribution in [0.2, 0.25) is 0 Å². The molecule has 1 heterocycles. The molecule has 1 amide bonds. The largest absolute Gasteiger partial charge is 0.424 e. The first-order chi connectivity index (χ1) is 9.95. The lowest BCUT2D eigenvalue weighted by Gasteiger charge is -2.07. The van der Waals surface area contributed by atoms with E-state index in [1.807, 2.05) is 13.8 Å². The number of nitrogens with one attached hydrogen (secondary N) is 2. The number of hydrogen-bond donors (Lipinski definition) is 2. The van der Waals surface area contributed by atoms with Crippen molar-refractivity contribution in [1.82, 2.24) is 10.3 Å². The SMILES string of the molecule is CC(C)CNC(=O)CNc1nc2cc([N+](=O)[O-])ccc2o1. The van der Waals surface area contributed by atoms with Crippen LogP contribution in [0.15, 0.2) is 22.6 Å². The number of nitro groups is 1. The average molecular weight is 292 g/mol. The highest BCUT2D eigenvalue weighted by Gasteiger charge is 2.12. The van der Waals surface area contributed by atoms with Gasteiger partial charge in [0, 0.05) is 18.7 Å². The van der Waals surface area contributed by atoms with E-state index in [1.165, 1.54) is 18.2 Å². The van der Waals surface area contributed by atoms with Crippen molar-refractivity contribution in [1.29, 1.82) is 0 Å². The summed E-state index contributed by atoms with van der Waals surface area (Å²) in [6.45, 7) is 4.63. The van der Waals surface area contributed by atoms with E-state index in [0.29, 0.717) is 23.6 Å². The van der Waals surface area contributed by atoms with Crippen LogP contribution < -0.4 is 10.6 Å². The van der Waals surface area contributed by atoms with Crippen molar-refractivity contribution in [2.75, 3.05) is 18.4 Å². The molecule has 21 heavy (non-hydrogen) atoms. The molecule has 8 heteroatoms. The van der Waals surface area contributed by atoms with Crippen LogP contribution in [0.5, 0.6) is 0 Å². The fourth-order valence-corrected chi connectivity index (χ4v) is 1.64. The molecule has 112 valence electrons. The number of benzene rings is 1. The highest BCUT2D eigenvalue weighted by molar-refractivity contribution is 5.81. The van der Waals surface area contributed by atoms with Crippen molar-refractivity contribution in [2.24, 2.45) is 5.92 Å². The number of anilines is 1. The summed E-state index contributed by atoms with van der Waals surface area (Å²) >= 11 is 0. The molecule has 0 unspecified atom stereocenters. The quantitative estimate of drug-likeness (QED) is 0.621. The molecular weight excluding hydrogens is 276 g/mol. The lowest BCUT2D eigenvalue weighted by atomic mass is 10.2. The van der Waals surface area contributed by atoms with Crippen molar-refractivity contribution in [3.8, 4) is 0 Å². The Labute approximate surface area is 120 Å². The molecule has 0 radical (unpaired) electrons. The molecule has 0 aliphatic heterocycles. The number of fused-ring (bicyclic) bond motifs is 1. The first-order valence-electron chi connectivity index (χ1n) is 6.51. The van der Waals surface area contributed by atoms with Crippen LogP contribution in [0, 0.1) is 16.0 Å². The van der Waals surface area contributed by atoms with Gasteiger partial charge in [0.2, 0.25) is 5.91 Å². The van der Waals surface area contributed by atoms with Crippen molar-refractivity contribution >= 4 is 28.7 Å². The highest BCUT2D eigenvalue weighted by Crippen LogP contribution is 2.23. The van der Waals surface area contributed by atoms with Crippen LogP contribution in [0.25, 0.3) is 11.1 Å². The zero-order valence-electron chi connectivity index (χ0n) is 11.8. The number of aromatic nitrogens is 1. The van der Waals surface area contributed by atoms with Gasteiger partial charge in [-0.05, 0) is 12.0 Å². The first-order valence-corrected chi connectivity index (χ1v) is 6.51. The summed E-state index contributed by atoms with van der Waals surface area (Å²) in [6, 6.07) is 4.30. The normalized spacial score (nSPS) is 10.8. The van der Waals surface area contributed by atoms with Gasteiger partial charge >= 0.3 is 0 Å². The Morgan fingerprint density at radius 2 is 2.24 bits per heavy atom. The van der Waals surface area contributed by atoms with Crippen LogP contribution in [0.3, 0.4) is 0 Å². The van der Waals surface area contributed by atoms with Crippen molar-refractivity contribution < 1.29 is 14.1 Å². The summed E-state index contributed by atoms with van der Waals surface area (Å²) in [5.41, 5.74) is 0.733. The Bertz CT molecular complexity index is 665. The lowest BCUT2D eigenvalue weighted by molar-refractivity contribution is -0.384. The van der Waals surface area contributed by atoms with Crippen molar-refractivity contribution in [2.45, 2.75) is 13.8 Å². The van der Waals surface area contributed by atoms with E-state index in [9.17, 15) is 14.9 Å². The Hall–Kier alpha value is -2.64. The van der Waals surface area contributed by atoms with E-state index in [2.05, 4.69) is 15.6 Å². The maximum atomic E-state index is 11.5. The van der Waals surface area contributed by atoms with Crippen LogP contribution in [-0.2, 0) is 4.79 Å². The number of amides is 1. The van der Waals surface area contributed by atoms with Crippen molar-refractivity contribution in [3.63, 3.8) is 0 Å². The van der Waals surface area contributed by atoms with Gasteiger partial charge < -0.3 is 15.1 Å². The molecule has 0 fully saturated rings. The first kappa shape index (κ1) is 14.8. The number of carbonyl (C=O) groups is 1. The standard InChI is InChI=1S/C13H16N4O4/c1-8(2)6-14-12(18)7-15-13-16-10-5-9(17(19)20)3-4-11(10)21-13/h3-5,8H,6-7H2,1-2H3,(H,14,18)(H,15,16). The fraction of sp³-hybridized carbons (Fsp3) is 0.385. The van der Waals surface area contributed by atoms with Gasteiger partial charge in [0.05, 0.1) is 11.5 Å². The van der Waals surface area contributed by atoms with Crippen LogP contribution in [0.1, 0.15) is 13.8 Å². The molecule has 0 bridgehead atoms. The average Bonchev–Trinajstić information content (AvgIpc) is 2.84. The predicted molar refractivity (Wildman–Crippen MR) is 77.0 cm³/mol. The topological polar surface area (TPSA) is 110 Å². The summed E-state index contributed by atoms with van der Waals surface area (Å²) in [7, 11) is 0. The van der Waals surface area contributed by atoms with Crippen LogP contribution in [-0.4, -0.2) is 28.9 Å². The Balaban J connectivity index is 1.99. The van der Waals surface area contributed by atoms with Crippen LogP contribution in [0.4, 0.5) is 11.7 Å². The third-order valence-corrected chi connectivity index (χ3v) is 2.69. The minimum absolute atomic E-state index is 0.0294. The molecule has 0 aliphatic carbocycles. The van der Waals surface area contributed by atoms with E-state index < -0.39 is 4.92 Å². The Kier molecular flexibility index (Phi) is 4.36. The molecule has 8 nitrogen and oxygen atoms in total. The molecule has 1 aromatic carbocycles. The molecule has 2 N–H and O–H groups in total. The zero-order valence-corrected chi connectivity index (χ0v) is 11.8. The second-order valence-corrected chi connectivity index (χ2v) is 4.98. The number of oxazole rings is 1. The third-order valence-electron chi connectivity index (χ3n) is 2.69. The van der Waals surface area contributed by atoms with Gasteiger partial charge in [0.15, 0.2) is 5.58 Å². The predicted octanol–water partition coefficient (Wildman–Crippen LogP) is 1.92. The molecule has 2 aromatic rings. The summed E-state index contributed by atoms with van der Waals surface area (Å²) in [6.07, 6.45) is 0. The minimum Gasteiger partial charge on any atom is -0.424 e. The van der Waals surface area contributed by atoms with Crippen LogP contribution >= 0.6 is 0 Å². The van der Waals surface area contributed by atoms with E-state index in [4.69, 9.17) is 4.42 Å². The summed E-state index contributed by atoms with van der Waals surface area (Å²) < 4.78 is 5.35. The third kappa shape index (κ3) is 3.91. The van der Waals surface area contributed by atoms with E-state index in [-0.39, 0.29) is 24.2 Å². The van der Waals surface area contributed by atoms with Gasteiger partial charge in [-0.25, -0.2) is 0 Å². The van der Waals surface area contributed by atoms with Gasteiger partial charge in [-0.15, -0.1) is 0 Å². The summed E-state index contributed by atoms with van der Waals surface area (Å²) in [4.78, 5) is 25.8. The molecule has 1 aromatic heterocycles. The number of nitro benzene ring substituents is 1. The number of hydrogen-bond acceptors (Lipinski definition) is 6. The minimum atomic E-state index is -0.499. The van der Waals surface area contributed by atoms with E-state index in [0.717, 1.165) is 0 Å². The Morgan fingerprint density at radius 3 is 2.90 bits per heavy atom. The van der Waals surface area contributed by atoms with E-state index in [1.54, 1.807) is 0 Å². The molecule has 0 saturated heterocycles. The molecule has 0 atom stereocenters. The van der Waals surface area contributed by atoms with Gasteiger partial charge in [-0.1, -0.05) is 13.8 Å². The molecule has 0 aliphatic rings. The molecule has 0 spiro atoms. The number of carbonyl (C=O) groups excluding carboxylic acids is 1. The molecule has 2 rings (SSSR count). The van der Waals surface area contributed by atoms with E-state index >= 15 is 0 Å².